The minimum absolute atomic E-state index is 0. The molecule has 0 aromatic carbocycles. The fourth-order valence-corrected chi connectivity index (χ4v) is 2.68. The zero-order valence-corrected chi connectivity index (χ0v) is 13.1. The van der Waals surface area contributed by atoms with Gasteiger partial charge in [-0.05, 0) is 37.1 Å². The molecule has 1 nitrogen and oxygen atoms in total. The first-order valence-corrected chi connectivity index (χ1v) is 7.57. The second-order valence-corrected chi connectivity index (χ2v) is 7.04. The molecule has 114 valence electrons. The third-order valence-electron chi connectivity index (χ3n) is 3.29. The largest absolute Gasteiger partial charge is 0.315 e. The third kappa shape index (κ3) is 14.0. The number of unbranched alkanes of at least 4 members (excludes halogenated alkanes) is 3. The van der Waals surface area contributed by atoms with E-state index < -0.39 is 0 Å². The second-order valence-electron chi connectivity index (χ2n) is 7.04. The summed E-state index contributed by atoms with van der Waals surface area (Å²) >= 11 is 0. The molecular formula is C17H41N. The van der Waals surface area contributed by atoms with E-state index in [1.54, 1.807) is 0 Å². The minimum atomic E-state index is 0. The summed E-state index contributed by atoms with van der Waals surface area (Å²) in [7, 11) is 0. The van der Waals surface area contributed by atoms with Crippen molar-refractivity contribution in [3.8, 4) is 0 Å². The molecule has 0 saturated heterocycles. The van der Waals surface area contributed by atoms with Crippen molar-refractivity contribution < 1.29 is 1.43 Å². The van der Waals surface area contributed by atoms with Gasteiger partial charge in [0.15, 0.2) is 0 Å². The molecule has 0 unspecified atom stereocenters. The summed E-state index contributed by atoms with van der Waals surface area (Å²) in [4.78, 5) is 0. The summed E-state index contributed by atoms with van der Waals surface area (Å²) in [6.07, 6.45) is 8.29. The van der Waals surface area contributed by atoms with Crippen molar-refractivity contribution in [3.05, 3.63) is 0 Å². The Morgan fingerprint density at radius 3 is 2.00 bits per heavy atom. The molecule has 0 atom stereocenters. The second kappa shape index (κ2) is 10.8. The number of hydrogen-bond donors (Lipinski definition) is 1. The fourth-order valence-electron chi connectivity index (χ4n) is 2.68. The molecule has 0 aromatic rings. The van der Waals surface area contributed by atoms with Gasteiger partial charge in [0.05, 0.1) is 0 Å². The van der Waals surface area contributed by atoms with Crippen LogP contribution in [-0.2, 0) is 0 Å². The van der Waals surface area contributed by atoms with E-state index in [2.05, 4.69) is 46.9 Å². The Balaban J connectivity index is -0.00000128. The predicted molar refractivity (Wildman–Crippen MR) is 88.3 cm³/mol. The molecule has 0 aromatic heterocycles. The number of rotatable bonds is 10. The van der Waals surface area contributed by atoms with E-state index in [1.807, 2.05) is 0 Å². The van der Waals surface area contributed by atoms with Crippen LogP contribution >= 0.6 is 0 Å². The molecule has 0 saturated carbocycles. The van der Waals surface area contributed by atoms with Gasteiger partial charge in [-0.25, -0.2) is 0 Å². The van der Waals surface area contributed by atoms with Crippen LogP contribution in [0.1, 0.15) is 88.9 Å². The van der Waals surface area contributed by atoms with E-state index in [-0.39, 0.29) is 8.85 Å². The van der Waals surface area contributed by atoms with Crippen LogP contribution < -0.4 is 5.32 Å². The maximum atomic E-state index is 3.48. The van der Waals surface area contributed by atoms with Gasteiger partial charge in [0.2, 0.25) is 0 Å². The summed E-state index contributed by atoms with van der Waals surface area (Å²) in [5, 5.41) is 3.48. The highest BCUT2D eigenvalue weighted by molar-refractivity contribution is 4.70. The van der Waals surface area contributed by atoms with Crippen LogP contribution in [0.3, 0.4) is 0 Å². The molecule has 0 radical (unpaired) electrons. The van der Waals surface area contributed by atoms with E-state index >= 15 is 0 Å². The van der Waals surface area contributed by atoms with Crippen molar-refractivity contribution in [1.82, 2.24) is 5.32 Å². The van der Waals surface area contributed by atoms with Gasteiger partial charge in [-0.15, -0.1) is 0 Å². The molecular weight excluding hydrogens is 218 g/mol. The molecule has 0 aliphatic heterocycles. The standard InChI is InChI=1S/C16H35N.CH4.H2/c1-14(2)13-16(5,6)11-9-7-8-10-12-17-15(3)4;;/h14-15,17H,7-13H2,1-6H3;1H4;1H. The third-order valence-corrected chi connectivity index (χ3v) is 3.29. The van der Waals surface area contributed by atoms with Gasteiger partial charge in [-0.1, -0.05) is 68.2 Å². The monoisotopic (exact) mass is 259 g/mol. The lowest BCUT2D eigenvalue weighted by Gasteiger charge is -2.26. The van der Waals surface area contributed by atoms with E-state index in [0.29, 0.717) is 11.5 Å². The Hall–Kier alpha value is -0.0400. The minimum Gasteiger partial charge on any atom is -0.315 e. The molecule has 0 amide bonds. The topological polar surface area (TPSA) is 12.0 Å². The maximum Gasteiger partial charge on any atom is 0.00103 e. The Morgan fingerprint density at radius 1 is 0.944 bits per heavy atom. The SMILES string of the molecule is C.CC(C)CC(C)(C)CCCCCCNC(C)C.[HH]. The zero-order valence-electron chi connectivity index (χ0n) is 13.1. The van der Waals surface area contributed by atoms with Crippen LogP contribution in [0, 0.1) is 11.3 Å². The average molecular weight is 260 g/mol. The van der Waals surface area contributed by atoms with Crippen molar-refractivity contribution in [3.63, 3.8) is 0 Å². The average Bonchev–Trinajstić information content (AvgIpc) is 2.13. The molecule has 0 aliphatic rings. The molecule has 0 bridgehead atoms. The van der Waals surface area contributed by atoms with Crippen LogP contribution in [0.5, 0.6) is 0 Å². The first kappa shape index (κ1) is 20.3. The highest BCUT2D eigenvalue weighted by atomic mass is 14.9. The maximum absolute atomic E-state index is 3.48. The molecule has 0 heterocycles. The van der Waals surface area contributed by atoms with Crippen LogP contribution in [0.15, 0.2) is 0 Å². The van der Waals surface area contributed by atoms with Crippen LogP contribution in [0.2, 0.25) is 0 Å². The fraction of sp³-hybridized carbons (Fsp3) is 1.00. The zero-order chi connectivity index (χ0) is 13.3. The normalized spacial score (nSPS) is 12.0. The Bertz CT molecular complexity index is 176. The van der Waals surface area contributed by atoms with Gasteiger partial charge in [0.1, 0.15) is 0 Å². The van der Waals surface area contributed by atoms with Gasteiger partial charge in [-0.2, -0.15) is 0 Å². The Morgan fingerprint density at radius 2 is 1.50 bits per heavy atom. The molecule has 0 aliphatic carbocycles. The van der Waals surface area contributed by atoms with E-state index in [9.17, 15) is 0 Å². The summed E-state index contributed by atoms with van der Waals surface area (Å²) in [6, 6.07) is 0.639. The lowest BCUT2D eigenvalue weighted by Crippen LogP contribution is -2.23. The van der Waals surface area contributed by atoms with Gasteiger partial charge in [-0.3, -0.25) is 0 Å². The summed E-state index contributed by atoms with van der Waals surface area (Å²) < 4.78 is 0. The number of hydrogen-bond acceptors (Lipinski definition) is 1. The van der Waals surface area contributed by atoms with Gasteiger partial charge >= 0.3 is 0 Å². The first-order chi connectivity index (χ1) is 7.83. The first-order valence-electron chi connectivity index (χ1n) is 7.57. The molecule has 1 heteroatoms. The van der Waals surface area contributed by atoms with Crippen molar-refractivity contribution in [1.29, 1.82) is 0 Å². The molecule has 0 fully saturated rings. The Labute approximate surface area is 119 Å². The van der Waals surface area contributed by atoms with Crippen LogP contribution in [0.4, 0.5) is 0 Å². The highest BCUT2D eigenvalue weighted by Crippen LogP contribution is 2.31. The molecule has 18 heavy (non-hydrogen) atoms. The van der Waals surface area contributed by atoms with E-state index in [0.717, 1.165) is 5.92 Å². The lowest BCUT2D eigenvalue weighted by atomic mass is 9.80. The van der Waals surface area contributed by atoms with E-state index in [1.165, 1.54) is 45.1 Å². The van der Waals surface area contributed by atoms with Crippen LogP contribution in [-0.4, -0.2) is 12.6 Å². The quantitative estimate of drug-likeness (QED) is 0.482. The molecule has 1 N–H and O–H groups in total. The summed E-state index contributed by atoms with van der Waals surface area (Å²) in [5.41, 5.74) is 0.546. The van der Waals surface area contributed by atoms with Gasteiger partial charge in [0.25, 0.3) is 0 Å². The van der Waals surface area contributed by atoms with Crippen molar-refractivity contribution in [2.24, 2.45) is 11.3 Å². The summed E-state index contributed by atoms with van der Waals surface area (Å²) in [5.74, 6) is 0.834. The Kier molecular flexibility index (Phi) is 12.2. The van der Waals surface area contributed by atoms with Crippen molar-refractivity contribution >= 4 is 0 Å². The van der Waals surface area contributed by atoms with Crippen molar-refractivity contribution in [2.45, 2.75) is 93.5 Å². The van der Waals surface area contributed by atoms with Crippen molar-refractivity contribution in [2.75, 3.05) is 6.54 Å². The van der Waals surface area contributed by atoms with Gasteiger partial charge in [0, 0.05) is 7.47 Å². The lowest BCUT2D eigenvalue weighted by molar-refractivity contribution is 0.256. The van der Waals surface area contributed by atoms with E-state index in [4.69, 9.17) is 0 Å². The molecule has 0 rings (SSSR count). The highest BCUT2D eigenvalue weighted by Gasteiger charge is 2.18. The number of nitrogens with one attached hydrogen (secondary N) is 1. The van der Waals surface area contributed by atoms with Gasteiger partial charge < -0.3 is 5.32 Å². The smallest absolute Gasteiger partial charge is 0.00103 e. The van der Waals surface area contributed by atoms with Crippen LogP contribution in [0.25, 0.3) is 0 Å². The molecule has 0 spiro atoms. The summed E-state index contributed by atoms with van der Waals surface area (Å²) in [6.45, 7) is 15.1. The predicted octanol–water partition coefficient (Wildman–Crippen LogP) is 5.89.